The smallest absolute Gasteiger partial charge is 0.293 e. The van der Waals surface area contributed by atoms with Crippen molar-refractivity contribution < 1.29 is 23.5 Å². The van der Waals surface area contributed by atoms with Gasteiger partial charge >= 0.3 is 0 Å². The van der Waals surface area contributed by atoms with Crippen LogP contribution in [0, 0.1) is 0 Å². The van der Waals surface area contributed by atoms with Crippen LogP contribution in [0.25, 0.3) is 21.3 Å². The van der Waals surface area contributed by atoms with Gasteiger partial charge in [-0.2, -0.15) is 4.98 Å². The van der Waals surface area contributed by atoms with Crippen LogP contribution in [-0.4, -0.2) is 63.9 Å². The third kappa shape index (κ3) is 4.46. The van der Waals surface area contributed by atoms with Crippen LogP contribution in [0.15, 0.2) is 47.0 Å². The average molecular weight is 493 g/mol. The summed E-state index contributed by atoms with van der Waals surface area (Å²) in [5.41, 5.74) is 1.45. The number of hydrogen-bond acceptors (Lipinski definition) is 9. The van der Waals surface area contributed by atoms with Gasteiger partial charge < -0.3 is 18.8 Å². The molecule has 2 saturated heterocycles. The SMILES string of the molecule is O=COC1CCN(C2CCN(Cc3cc4ccc(Oc5nc6ncccc6s5)cc4o3)CC2)C1=O. The van der Waals surface area contributed by atoms with Crippen molar-refractivity contribution in [1.29, 1.82) is 0 Å². The Morgan fingerprint density at radius 3 is 2.86 bits per heavy atom. The molecule has 0 saturated carbocycles. The topological polar surface area (TPSA) is 98.0 Å². The lowest BCUT2D eigenvalue weighted by Gasteiger charge is -2.36. The van der Waals surface area contributed by atoms with Gasteiger partial charge in [0.05, 0.1) is 11.2 Å². The largest absolute Gasteiger partial charge is 0.460 e. The zero-order valence-corrected chi connectivity index (χ0v) is 19.8. The van der Waals surface area contributed by atoms with Crippen LogP contribution >= 0.6 is 11.3 Å². The van der Waals surface area contributed by atoms with Gasteiger partial charge in [-0.1, -0.05) is 11.3 Å². The Kier molecular flexibility index (Phi) is 5.83. The lowest BCUT2D eigenvalue weighted by Crippen LogP contribution is -2.46. The Balaban J connectivity index is 1.07. The van der Waals surface area contributed by atoms with E-state index in [4.69, 9.17) is 13.9 Å². The van der Waals surface area contributed by atoms with Gasteiger partial charge in [-0.3, -0.25) is 14.5 Å². The Morgan fingerprint density at radius 1 is 1.14 bits per heavy atom. The molecule has 180 valence electrons. The van der Waals surface area contributed by atoms with Crippen LogP contribution in [0.3, 0.4) is 0 Å². The summed E-state index contributed by atoms with van der Waals surface area (Å²) in [6.45, 7) is 3.50. The van der Waals surface area contributed by atoms with Gasteiger partial charge in [-0.05, 0) is 43.2 Å². The first-order valence-corrected chi connectivity index (χ1v) is 12.5. The van der Waals surface area contributed by atoms with Crippen molar-refractivity contribution in [2.24, 2.45) is 0 Å². The van der Waals surface area contributed by atoms with Crippen LogP contribution in [0.5, 0.6) is 10.9 Å². The second-order valence-corrected chi connectivity index (χ2v) is 9.86. The number of piperidine rings is 1. The van der Waals surface area contributed by atoms with Crippen LogP contribution in [-0.2, 0) is 20.9 Å². The minimum absolute atomic E-state index is 0.0621. The molecule has 2 fully saturated rings. The maximum absolute atomic E-state index is 12.5. The third-order valence-corrected chi connectivity index (χ3v) is 7.57. The molecular formula is C25H24N4O5S. The predicted molar refractivity (Wildman–Crippen MR) is 129 cm³/mol. The maximum atomic E-state index is 12.5. The Morgan fingerprint density at radius 2 is 2.03 bits per heavy atom. The van der Waals surface area contributed by atoms with Gasteiger partial charge in [0.2, 0.25) is 0 Å². The molecule has 35 heavy (non-hydrogen) atoms. The summed E-state index contributed by atoms with van der Waals surface area (Å²) in [5.74, 6) is 1.51. The number of benzene rings is 1. The first-order chi connectivity index (χ1) is 17.2. The fraction of sp³-hybridized carbons (Fsp3) is 0.360. The Bertz CT molecular complexity index is 1340. The normalized spacial score (nSPS) is 19.6. The van der Waals surface area contributed by atoms with Gasteiger partial charge in [-0.15, -0.1) is 0 Å². The molecule has 1 amide bonds. The molecule has 4 aromatic rings. The molecule has 5 heterocycles. The van der Waals surface area contributed by atoms with E-state index in [1.165, 1.54) is 11.3 Å². The number of ether oxygens (including phenoxy) is 2. The van der Waals surface area contributed by atoms with Gasteiger partial charge in [0.1, 0.15) is 17.1 Å². The van der Waals surface area contributed by atoms with E-state index >= 15 is 0 Å². The van der Waals surface area contributed by atoms with Gasteiger partial charge in [0.25, 0.3) is 17.6 Å². The van der Waals surface area contributed by atoms with E-state index < -0.39 is 6.10 Å². The minimum Gasteiger partial charge on any atom is -0.460 e. The fourth-order valence-electron chi connectivity index (χ4n) is 4.94. The Labute approximate surface area is 205 Å². The van der Waals surface area contributed by atoms with Crippen LogP contribution in [0.2, 0.25) is 0 Å². The summed E-state index contributed by atoms with van der Waals surface area (Å²) in [7, 11) is 0. The molecule has 3 aromatic heterocycles. The van der Waals surface area contributed by atoms with Gasteiger partial charge in [0, 0.05) is 49.7 Å². The minimum atomic E-state index is -0.610. The number of likely N-dealkylation sites (tertiary alicyclic amines) is 2. The molecule has 1 atom stereocenters. The summed E-state index contributed by atoms with van der Waals surface area (Å²) < 4.78 is 18.0. The molecule has 0 bridgehead atoms. The highest BCUT2D eigenvalue weighted by atomic mass is 32.1. The monoisotopic (exact) mass is 492 g/mol. The predicted octanol–water partition coefficient (Wildman–Crippen LogP) is 3.97. The lowest BCUT2D eigenvalue weighted by molar-refractivity contribution is -0.147. The lowest BCUT2D eigenvalue weighted by atomic mass is 10.0. The van der Waals surface area contributed by atoms with Crippen LogP contribution < -0.4 is 4.74 Å². The summed E-state index contributed by atoms with van der Waals surface area (Å²) in [4.78, 5) is 35.9. The molecule has 0 N–H and O–H groups in total. The summed E-state index contributed by atoms with van der Waals surface area (Å²) in [5, 5.41) is 1.57. The van der Waals surface area contributed by atoms with Crippen LogP contribution in [0.4, 0.5) is 0 Å². The molecular weight excluding hydrogens is 468 g/mol. The van der Waals surface area contributed by atoms with E-state index in [1.807, 2.05) is 35.2 Å². The fourth-order valence-corrected chi connectivity index (χ4v) is 5.74. The molecule has 1 unspecified atom stereocenters. The number of thiazole rings is 1. The average Bonchev–Trinajstić information content (AvgIpc) is 3.56. The molecule has 10 heteroatoms. The molecule has 6 rings (SSSR count). The van der Waals surface area contributed by atoms with E-state index in [9.17, 15) is 9.59 Å². The van der Waals surface area contributed by atoms with E-state index in [-0.39, 0.29) is 11.9 Å². The number of carbonyl (C=O) groups is 2. The second-order valence-electron chi connectivity index (χ2n) is 8.87. The molecule has 2 aliphatic rings. The molecule has 0 radical (unpaired) electrons. The number of rotatable bonds is 7. The van der Waals surface area contributed by atoms with Crippen molar-refractivity contribution in [3.8, 4) is 10.9 Å². The number of fused-ring (bicyclic) bond motifs is 2. The Hall–Kier alpha value is -3.50. The molecule has 0 aliphatic carbocycles. The highest BCUT2D eigenvalue weighted by Gasteiger charge is 2.38. The number of pyridine rings is 1. The summed E-state index contributed by atoms with van der Waals surface area (Å²) in [6.07, 6.45) is 3.49. The van der Waals surface area contributed by atoms with Gasteiger partial charge in [0.15, 0.2) is 11.8 Å². The standard InChI is InChI=1S/C25H24N4O5S/c30-15-32-20-7-11-29(24(20)31)17-5-9-28(10-6-17)14-19-12-16-3-4-18(13-21(16)33-19)34-25-27-23-22(35-25)2-1-8-26-23/h1-4,8,12-13,15,17,20H,5-7,9-11,14H2. The first-order valence-electron chi connectivity index (χ1n) is 11.7. The van der Waals surface area contributed by atoms with Crippen molar-refractivity contribution in [3.05, 3.63) is 48.4 Å². The highest BCUT2D eigenvalue weighted by Crippen LogP contribution is 2.33. The number of furan rings is 1. The van der Waals surface area contributed by atoms with E-state index in [0.717, 1.165) is 47.4 Å². The number of amides is 1. The molecule has 1 aromatic carbocycles. The first kappa shape index (κ1) is 22.0. The quantitative estimate of drug-likeness (QED) is 0.358. The van der Waals surface area contributed by atoms with Crippen LogP contribution in [0.1, 0.15) is 25.0 Å². The molecule has 0 spiro atoms. The van der Waals surface area contributed by atoms with Crippen molar-refractivity contribution in [2.75, 3.05) is 19.6 Å². The number of hydrogen-bond donors (Lipinski definition) is 0. The number of carbonyl (C=O) groups excluding carboxylic acids is 2. The summed E-state index contributed by atoms with van der Waals surface area (Å²) >= 11 is 1.46. The number of nitrogens with zero attached hydrogens (tertiary/aromatic N) is 4. The second kappa shape index (κ2) is 9.27. The van der Waals surface area contributed by atoms with Crippen molar-refractivity contribution >= 4 is 45.0 Å². The third-order valence-electron chi connectivity index (χ3n) is 6.68. The number of aromatic nitrogens is 2. The van der Waals surface area contributed by atoms with Gasteiger partial charge in [-0.25, -0.2) is 4.98 Å². The molecule has 9 nitrogen and oxygen atoms in total. The zero-order valence-electron chi connectivity index (χ0n) is 19.0. The van der Waals surface area contributed by atoms with Crippen molar-refractivity contribution in [1.82, 2.24) is 19.8 Å². The molecule has 2 aliphatic heterocycles. The van der Waals surface area contributed by atoms with Crippen molar-refractivity contribution in [3.63, 3.8) is 0 Å². The van der Waals surface area contributed by atoms with E-state index in [1.54, 1.807) is 6.20 Å². The van der Waals surface area contributed by atoms with E-state index in [0.29, 0.717) is 42.6 Å². The maximum Gasteiger partial charge on any atom is 0.293 e. The summed E-state index contributed by atoms with van der Waals surface area (Å²) in [6, 6.07) is 11.9. The van der Waals surface area contributed by atoms with Crippen molar-refractivity contribution in [2.45, 2.75) is 38.0 Å². The zero-order chi connectivity index (χ0) is 23.8. The van der Waals surface area contributed by atoms with E-state index in [2.05, 4.69) is 20.9 Å². The highest BCUT2D eigenvalue weighted by molar-refractivity contribution is 7.20.